The Balaban J connectivity index is 1.88. The molecule has 0 aliphatic heterocycles. The minimum Gasteiger partial charge on any atom is -0.494 e. The number of thiophene rings is 1. The molecule has 1 aromatic heterocycles. The number of hydrogen-bond donors (Lipinski definition) is 1. The van der Waals surface area contributed by atoms with Gasteiger partial charge in [-0.25, -0.2) is 4.79 Å². The highest BCUT2D eigenvalue weighted by Crippen LogP contribution is 2.38. The Morgan fingerprint density at radius 1 is 1.15 bits per heavy atom. The number of anilines is 1. The number of nitrogens with one attached hydrogen (secondary N) is 1. The van der Waals surface area contributed by atoms with E-state index in [1.807, 2.05) is 13.8 Å². The van der Waals surface area contributed by atoms with Crippen LogP contribution in [0.1, 0.15) is 63.4 Å². The fourth-order valence-corrected chi connectivity index (χ4v) is 4.63. The molecule has 6 heteroatoms. The summed E-state index contributed by atoms with van der Waals surface area (Å²) in [5, 5.41) is 3.53. The van der Waals surface area contributed by atoms with Crippen molar-refractivity contribution in [1.29, 1.82) is 0 Å². The number of carbonyl (C=O) groups excluding carboxylic acids is 2. The maximum atomic E-state index is 12.8. The van der Waals surface area contributed by atoms with E-state index in [2.05, 4.69) is 5.32 Å². The van der Waals surface area contributed by atoms with Gasteiger partial charge in [0.15, 0.2) is 0 Å². The molecule has 144 valence electrons. The van der Waals surface area contributed by atoms with Crippen molar-refractivity contribution in [1.82, 2.24) is 0 Å². The van der Waals surface area contributed by atoms with Gasteiger partial charge in [-0.05, 0) is 75.8 Å². The van der Waals surface area contributed by atoms with Crippen LogP contribution in [-0.4, -0.2) is 25.1 Å². The molecular formula is C21H25NO4S. The number of ether oxygens (including phenoxy) is 2. The van der Waals surface area contributed by atoms with Gasteiger partial charge in [0, 0.05) is 10.4 Å². The van der Waals surface area contributed by atoms with E-state index in [4.69, 9.17) is 9.47 Å². The minimum atomic E-state index is -0.352. The molecule has 0 spiro atoms. The predicted molar refractivity (Wildman–Crippen MR) is 107 cm³/mol. The molecule has 0 atom stereocenters. The van der Waals surface area contributed by atoms with Crippen LogP contribution in [0.2, 0.25) is 0 Å². The molecule has 27 heavy (non-hydrogen) atoms. The van der Waals surface area contributed by atoms with Gasteiger partial charge in [-0.1, -0.05) is 0 Å². The van der Waals surface area contributed by atoms with Crippen molar-refractivity contribution in [2.24, 2.45) is 0 Å². The van der Waals surface area contributed by atoms with Crippen molar-refractivity contribution in [3.63, 3.8) is 0 Å². The van der Waals surface area contributed by atoms with Gasteiger partial charge in [-0.15, -0.1) is 11.3 Å². The third-order valence-corrected chi connectivity index (χ3v) is 5.82. The second-order valence-electron chi connectivity index (χ2n) is 6.50. The Labute approximate surface area is 163 Å². The number of hydrogen-bond acceptors (Lipinski definition) is 5. The monoisotopic (exact) mass is 387 g/mol. The highest BCUT2D eigenvalue weighted by molar-refractivity contribution is 7.17. The molecule has 3 rings (SSSR count). The summed E-state index contributed by atoms with van der Waals surface area (Å²) < 4.78 is 10.8. The summed E-state index contributed by atoms with van der Waals surface area (Å²) in [5.41, 5.74) is 3.02. The summed E-state index contributed by atoms with van der Waals surface area (Å²) in [5.74, 6) is 0.188. The molecule has 2 aromatic rings. The molecule has 1 N–H and O–H groups in total. The molecule has 1 aliphatic carbocycles. The third-order valence-electron chi connectivity index (χ3n) is 4.61. The Bertz CT molecular complexity index is 856. The van der Waals surface area contributed by atoms with E-state index in [0.717, 1.165) is 42.6 Å². The predicted octanol–water partition coefficient (Wildman–Crippen LogP) is 4.76. The first-order valence-electron chi connectivity index (χ1n) is 9.41. The number of amides is 1. The van der Waals surface area contributed by atoms with E-state index in [0.29, 0.717) is 29.3 Å². The minimum absolute atomic E-state index is 0.231. The molecule has 0 saturated carbocycles. The molecule has 1 aliphatic rings. The lowest BCUT2D eigenvalue weighted by molar-refractivity contribution is 0.0526. The number of rotatable bonds is 6. The SMILES string of the molecule is CCOC(=O)c1c(NC(=O)c2ccc(OCC)c(C)c2)sc2c1CCCC2. The van der Waals surface area contributed by atoms with E-state index in [1.54, 1.807) is 25.1 Å². The quantitative estimate of drug-likeness (QED) is 0.726. The first-order chi connectivity index (χ1) is 13.0. The van der Waals surface area contributed by atoms with Gasteiger partial charge < -0.3 is 14.8 Å². The fraction of sp³-hybridized carbons (Fsp3) is 0.429. The van der Waals surface area contributed by atoms with Crippen molar-refractivity contribution < 1.29 is 19.1 Å². The van der Waals surface area contributed by atoms with Crippen LogP contribution in [-0.2, 0) is 17.6 Å². The van der Waals surface area contributed by atoms with E-state index >= 15 is 0 Å². The smallest absolute Gasteiger partial charge is 0.341 e. The average Bonchev–Trinajstić information content (AvgIpc) is 3.01. The van der Waals surface area contributed by atoms with Gasteiger partial charge in [-0.2, -0.15) is 0 Å². The van der Waals surface area contributed by atoms with Crippen LogP contribution in [0.3, 0.4) is 0 Å². The van der Waals surface area contributed by atoms with Crippen molar-refractivity contribution in [3.8, 4) is 5.75 Å². The molecule has 0 radical (unpaired) electrons. The maximum absolute atomic E-state index is 12.8. The molecule has 0 unspecified atom stereocenters. The lowest BCUT2D eigenvalue weighted by Crippen LogP contribution is -2.16. The normalized spacial score (nSPS) is 13.0. The second kappa shape index (κ2) is 8.57. The lowest BCUT2D eigenvalue weighted by atomic mass is 9.95. The molecule has 0 saturated heterocycles. The van der Waals surface area contributed by atoms with Crippen LogP contribution in [0.4, 0.5) is 5.00 Å². The Kier molecular flexibility index (Phi) is 6.16. The molecule has 1 amide bonds. The number of fused-ring (bicyclic) bond motifs is 1. The van der Waals surface area contributed by atoms with Crippen LogP contribution in [0.25, 0.3) is 0 Å². The summed E-state index contributed by atoms with van der Waals surface area (Å²) in [6.07, 6.45) is 3.98. The van der Waals surface area contributed by atoms with Gasteiger partial charge in [0.05, 0.1) is 18.8 Å². The molecule has 0 fully saturated rings. The van der Waals surface area contributed by atoms with Gasteiger partial charge in [0.2, 0.25) is 0 Å². The number of aryl methyl sites for hydroxylation is 2. The van der Waals surface area contributed by atoms with Crippen LogP contribution < -0.4 is 10.1 Å². The van der Waals surface area contributed by atoms with E-state index in [1.165, 1.54) is 16.2 Å². The van der Waals surface area contributed by atoms with Gasteiger partial charge in [-0.3, -0.25) is 4.79 Å². The fourth-order valence-electron chi connectivity index (χ4n) is 3.36. The van der Waals surface area contributed by atoms with Gasteiger partial charge >= 0.3 is 5.97 Å². The summed E-state index contributed by atoms with van der Waals surface area (Å²) in [4.78, 5) is 26.5. The third kappa shape index (κ3) is 4.16. The highest BCUT2D eigenvalue weighted by Gasteiger charge is 2.27. The van der Waals surface area contributed by atoms with Crippen molar-refractivity contribution in [2.75, 3.05) is 18.5 Å². The van der Waals surface area contributed by atoms with Crippen LogP contribution in [0, 0.1) is 6.92 Å². The standard InChI is InChI=1S/C21H25NO4S/c1-4-25-16-11-10-14(12-13(16)3)19(23)22-20-18(21(24)26-5-2)15-8-6-7-9-17(15)27-20/h10-12H,4-9H2,1-3H3,(H,22,23). The highest BCUT2D eigenvalue weighted by atomic mass is 32.1. The Morgan fingerprint density at radius 2 is 1.93 bits per heavy atom. The van der Waals surface area contributed by atoms with Crippen molar-refractivity contribution in [2.45, 2.75) is 46.5 Å². The van der Waals surface area contributed by atoms with E-state index in [9.17, 15) is 9.59 Å². The first kappa shape index (κ1) is 19.4. The topological polar surface area (TPSA) is 64.6 Å². The first-order valence-corrected chi connectivity index (χ1v) is 10.2. The van der Waals surface area contributed by atoms with E-state index < -0.39 is 0 Å². The maximum Gasteiger partial charge on any atom is 0.341 e. The number of esters is 1. The number of benzene rings is 1. The Hall–Kier alpha value is -2.34. The van der Waals surface area contributed by atoms with Crippen LogP contribution in [0.5, 0.6) is 5.75 Å². The van der Waals surface area contributed by atoms with Crippen LogP contribution in [0.15, 0.2) is 18.2 Å². The molecule has 1 heterocycles. The lowest BCUT2D eigenvalue weighted by Gasteiger charge is -2.12. The molecule has 0 bridgehead atoms. The molecule has 5 nitrogen and oxygen atoms in total. The zero-order chi connectivity index (χ0) is 19.4. The largest absolute Gasteiger partial charge is 0.494 e. The summed E-state index contributed by atoms with van der Waals surface area (Å²) in [6.45, 7) is 6.52. The van der Waals surface area contributed by atoms with Crippen molar-refractivity contribution in [3.05, 3.63) is 45.3 Å². The second-order valence-corrected chi connectivity index (χ2v) is 7.61. The molecule has 1 aromatic carbocycles. The van der Waals surface area contributed by atoms with Gasteiger partial charge in [0.1, 0.15) is 10.8 Å². The number of carbonyl (C=O) groups is 2. The van der Waals surface area contributed by atoms with Crippen molar-refractivity contribution >= 4 is 28.2 Å². The average molecular weight is 388 g/mol. The van der Waals surface area contributed by atoms with Gasteiger partial charge in [0.25, 0.3) is 5.91 Å². The molecular weight excluding hydrogens is 362 g/mol. The zero-order valence-electron chi connectivity index (χ0n) is 16.0. The summed E-state index contributed by atoms with van der Waals surface area (Å²) >= 11 is 1.50. The summed E-state index contributed by atoms with van der Waals surface area (Å²) in [6, 6.07) is 5.35. The van der Waals surface area contributed by atoms with Crippen LogP contribution >= 0.6 is 11.3 Å². The zero-order valence-corrected chi connectivity index (χ0v) is 16.8. The summed E-state index contributed by atoms with van der Waals surface area (Å²) in [7, 11) is 0. The van der Waals surface area contributed by atoms with E-state index in [-0.39, 0.29) is 11.9 Å². The Morgan fingerprint density at radius 3 is 2.63 bits per heavy atom.